The van der Waals surface area contributed by atoms with Crippen LogP contribution in [0.5, 0.6) is 23.0 Å². The molecule has 4 unspecified atom stereocenters. The summed E-state index contributed by atoms with van der Waals surface area (Å²) < 4.78 is 44.6. The second kappa shape index (κ2) is 18.7. The van der Waals surface area contributed by atoms with Crippen molar-refractivity contribution >= 4 is 47.8 Å². The molecule has 0 aromatic heterocycles. The summed E-state index contributed by atoms with van der Waals surface area (Å²) in [6.45, 7) is 3.89. The molecule has 5 aromatic carbocycles. The molecular weight excluding hydrogens is 897 g/mol. The molecule has 0 saturated heterocycles. The van der Waals surface area contributed by atoms with Gasteiger partial charge in [0.2, 0.25) is 0 Å². The van der Waals surface area contributed by atoms with E-state index in [4.69, 9.17) is 37.9 Å². The Morgan fingerprint density at radius 1 is 0.597 bits per heavy atom. The van der Waals surface area contributed by atoms with Gasteiger partial charge in [0.05, 0.1) is 50.6 Å². The number of nitrogens with zero attached hydrogens (tertiary/aromatic N) is 2. The SMILES string of the molecule is COC(C)CCOC(=O)Oc1ccc(C(=O)Oc2c3c(c(OC(=O)c4ccc(OC(=O)OCCC(C)OC)cc4)c4c2C2c5ccccc5C25c2ccccc2C45)SC(=C(C#N)C#N)S3)cc1. The topological polar surface area (TPSA) is 190 Å². The van der Waals surface area contributed by atoms with Crippen LogP contribution >= 0.6 is 23.5 Å². The first-order chi connectivity index (χ1) is 32.5. The smallest absolute Gasteiger partial charge is 0.434 e. The maximum Gasteiger partial charge on any atom is 0.513 e. The first-order valence-corrected chi connectivity index (χ1v) is 22.9. The third-order valence-corrected chi connectivity index (χ3v) is 15.0. The first kappa shape index (κ1) is 45.1. The summed E-state index contributed by atoms with van der Waals surface area (Å²) in [7, 11) is 3.13. The van der Waals surface area contributed by atoms with Crippen molar-refractivity contribution in [2.75, 3.05) is 27.4 Å². The fourth-order valence-electron chi connectivity index (χ4n) is 9.09. The number of hydrogen-bond donors (Lipinski definition) is 0. The van der Waals surface area contributed by atoms with Crippen LogP contribution < -0.4 is 18.9 Å². The molecule has 1 spiro atoms. The lowest BCUT2D eigenvalue weighted by Gasteiger charge is -2.58. The summed E-state index contributed by atoms with van der Waals surface area (Å²) in [5.74, 6) is -1.40. The number of ether oxygens (including phenoxy) is 8. The van der Waals surface area contributed by atoms with Crippen molar-refractivity contribution in [3.8, 4) is 35.1 Å². The Bertz CT molecular complexity index is 2760. The molecule has 14 nitrogen and oxygen atoms in total. The van der Waals surface area contributed by atoms with Crippen LogP contribution in [-0.4, -0.2) is 63.9 Å². The Hall–Kier alpha value is -7.08. The van der Waals surface area contributed by atoms with Crippen LogP contribution in [0.15, 0.2) is 117 Å². The minimum atomic E-state index is -0.907. The lowest BCUT2D eigenvalue weighted by Crippen LogP contribution is -2.52. The van der Waals surface area contributed by atoms with E-state index >= 15 is 0 Å². The average Bonchev–Trinajstić information content (AvgIpc) is 3.86. The maximum atomic E-state index is 14.4. The van der Waals surface area contributed by atoms with E-state index in [1.165, 1.54) is 48.5 Å². The predicted octanol–water partition coefficient (Wildman–Crippen LogP) is 10.4. The number of methoxy groups -OCH3 is 2. The van der Waals surface area contributed by atoms with Gasteiger partial charge in [-0.3, -0.25) is 0 Å². The average molecular weight is 937 g/mol. The molecule has 0 saturated carbocycles. The molecule has 0 N–H and O–H groups in total. The van der Waals surface area contributed by atoms with E-state index in [2.05, 4.69) is 12.1 Å². The van der Waals surface area contributed by atoms with Crippen molar-refractivity contribution in [1.29, 1.82) is 10.5 Å². The number of benzene rings is 5. The maximum absolute atomic E-state index is 14.4. The largest absolute Gasteiger partial charge is 0.513 e. The van der Waals surface area contributed by atoms with Crippen molar-refractivity contribution in [2.24, 2.45) is 0 Å². The van der Waals surface area contributed by atoms with Crippen molar-refractivity contribution in [3.63, 3.8) is 0 Å². The fourth-order valence-corrected chi connectivity index (χ4v) is 11.6. The second-order valence-corrected chi connectivity index (χ2v) is 18.3. The molecule has 67 heavy (non-hydrogen) atoms. The summed E-state index contributed by atoms with van der Waals surface area (Å²) in [6.07, 6.45) is -1.06. The predicted molar refractivity (Wildman–Crippen MR) is 243 cm³/mol. The zero-order valence-corrected chi connectivity index (χ0v) is 38.1. The summed E-state index contributed by atoms with van der Waals surface area (Å²) in [6, 6.07) is 31.8. The highest BCUT2D eigenvalue weighted by atomic mass is 32.2. The molecule has 4 aliphatic rings. The van der Waals surface area contributed by atoms with Crippen LogP contribution in [0.1, 0.15) is 92.6 Å². The number of fused-ring (bicyclic) bond motifs is 8. The number of allylic oxidation sites excluding steroid dienone is 1. The molecule has 1 heterocycles. The molecule has 0 radical (unpaired) electrons. The number of nitriles is 2. The Labute approximate surface area is 393 Å². The molecule has 16 heteroatoms. The molecule has 338 valence electrons. The van der Waals surface area contributed by atoms with E-state index in [0.717, 1.165) is 45.8 Å². The molecule has 0 amide bonds. The zero-order chi connectivity index (χ0) is 47.0. The van der Waals surface area contributed by atoms with Crippen LogP contribution in [0.25, 0.3) is 0 Å². The van der Waals surface area contributed by atoms with Gasteiger partial charge in [-0.15, -0.1) is 0 Å². The number of hydrogen-bond acceptors (Lipinski definition) is 16. The van der Waals surface area contributed by atoms with E-state index in [-0.39, 0.29) is 77.0 Å². The third kappa shape index (κ3) is 7.95. The Balaban J connectivity index is 1.10. The number of carbonyl (C=O) groups is 4. The van der Waals surface area contributed by atoms with E-state index < -0.39 is 29.7 Å². The lowest BCUT2D eigenvalue weighted by molar-refractivity contribution is 0.0618. The van der Waals surface area contributed by atoms with E-state index in [9.17, 15) is 29.7 Å². The van der Waals surface area contributed by atoms with E-state index in [1.807, 2.05) is 62.4 Å². The van der Waals surface area contributed by atoms with Crippen LogP contribution in [0.3, 0.4) is 0 Å². The van der Waals surface area contributed by atoms with Gasteiger partial charge in [-0.1, -0.05) is 72.1 Å². The van der Waals surface area contributed by atoms with Gasteiger partial charge in [-0.2, -0.15) is 10.5 Å². The van der Waals surface area contributed by atoms with Gasteiger partial charge in [0.25, 0.3) is 0 Å². The van der Waals surface area contributed by atoms with Crippen molar-refractivity contribution < 1.29 is 57.1 Å². The van der Waals surface area contributed by atoms with Gasteiger partial charge in [0.15, 0.2) is 11.5 Å². The van der Waals surface area contributed by atoms with Crippen molar-refractivity contribution in [2.45, 2.75) is 65.9 Å². The number of thioether (sulfide) groups is 2. The highest BCUT2D eigenvalue weighted by molar-refractivity contribution is 8.24. The monoisotopic (exact) mass is 936 g/mol. The van der Waals surface area contributed by atoms with Crippen molar-refractivity contribution in [3.05, 3.63) is 151 Å². The molecular formula is C51H40N2O12S2. The molecule has 4 atom stereocenters. The van der Waals surface area contributed by atoms with E-state index in [1.54, 1.807) is 14.2 Å². The second-order valence-electron chi connectivity index (χ2n) is 16.0. The van der Waals surface area contributed by atoms with Gasteiger partial charge < -0.3 is 37.9 Å². The molecule has 1 aliphatic heterocycles. The van der Waals surface area contributed by atoms with Gasteiger partial charge in [-0.25, -0.2) is 19.2 Å². The number of rotatable bonds is 14. The summed E-state index contributed by atoms with van der Waals surface area (Å²) in [5.41, 5.74) is 5.09. The third-order valence-electron chi connectivity index (χ3n) is 12.4. The standard InChI is InChI=1S/C51H40N2O12S2/c1-27(58-3)21-23-60-49(56)62-32-17-13-29(14-18-32)46(54)64-42-38-39(41-35-10-6-8-12-37(35)51(41)36-11-7-5-9-34(36)40(38)51)43(45-44(42)66-48(67-45)31(25-52)26-53)65-47(55)30-15-19-33(20-16-30)63-50(57)61-24-22-28(2)59-4/h5-20,27-28,40-41H,21-24H2,1-4H3. The van der Waals surface area contributed by atoms with Crippen LogP contribution in [0.4, 0.5) is 9.59 Å². The van der Waals surface area contributed by atoms with Gasteiger partial charge in [0, 0.05) is 55.4 Å². The normalized spacial score (nSPS) is 18.2. The minimum absolute atomic E-state index is 0.0963. The van der Waals surface area contributed by atoms with Gasteiger partial charge in [0.1, 0.15) is 29.2 Å². The Morgan fingerprint density at radius 3 is 1.39 bits per heavy atom. The molecule has 0 bridgehead atoms. The summed E-state index contributed by atoms with van der Waals surface area (Å²) in [4.78, 5) is 54.2. The Morgan fingerprint density at radius 2 is 1.00 bits per heavy atom. The Kier molecular flexibility index (Phi) is 12.6. The lowest BCUT2D eigenvalue weighted by atomic mass is 9.43. The van der Waals surface area contributed by atoms with Crippen LogP contribution in [0.2, 0.25) is 0 Å². The number of esters is 2. The highest BCUT2D eigenvalue weighted by Crippen LogP contribution is 2.81. The minimum Gasteiger partial charge on any atom is -0.434 e. The van der Waals surface area contributed by atoms with Gasteiger partial charge in [-0.05, 0) is 84.6 Å². The highest BCUT2D eigenvalue weighted by Gasteiger charge is 2.71. The molecule has 5 aromatic rings. The van der Waals surface area contributed by atoms with Crippen molar-refractivity contribution in [1.82, 2.24) is 0 Å². The zero-order valence-electron chi connectivity index (χ0n) is 36.5. The first-order valence-electron chi connectivity index (χ1n) is 21.2. The fraction of sp³-hybridized carbons (Fsp3) is 0.255. The van der Waals surface area contributed by atoms with Gasteiger partial charge >= 0.3 is 24.2 Å². The molecule has 3 aliphatic carbocycles. The number of carbonyl (C=O) groups excluding carboxylic acids is 4. The molecule has 9 rings (SSSR count). The summed E-state index contributed by atoms with van der Waals surface area (Å²) >= 11 is 2.18. The van der Waals surface area contributed by atoms with Crippen LogP contribution in [0, 0.1) is 22.7 Å². The van der Waals surface area contributed by atoms with E-state index in [0.29, 0.717) is 38.0 Å². The molecule has 0 fully saturated rings. The van der Waals surface area contributed by atoms with Crippen LogP contribution in [-0.2, 0) is 24.4 Å². The quantitative estimate of drug-likeness (QED) is 0.0442. The summed E-state index contributed by atoms with van der Waals surface area (Å²) in [5, 5.41) is 20.1.